The van der Waals surface area contributed by atoms with Gasteiger partial charge in [0.25, 0.3) is 0 Å². The van der Waals surface area contributed by atoms with E-state index >= 15 is 0 Å². The molecule has 0 radical (unpaired) electrons. The van der Waals surface area contributed by atoms with E-state index in [1.54, 1.807) is 0 Å². The molecule has 4 nitrogen and oxygen atoms in total. The van der Waals surface area contributed by atoms with Crippen LogP contribution in [0.25, 0.3) is 0 Å². The summed E-state index contributed by atoms with van der Waals surface area (Å²) < 4.78 is 5.12. The summed E-state index contributed by atoms with van der Waals surface area (Å²) in [5.41, 5.74) is 5.52. The zero-order valence-electron chi connectivity index (χ0n) is 7.21. The molecular weight excluding hydrogens is 154 g/mol. The van der Waals surface area contributed by atoms with Crippen LogP contribution in [0.1, 0.15) is 37.9 Å². The first-order chi connectivity index (χ1) is 5.74. The molecule has 66 valence electrons. The molecular formula is C8H13N3O. The molecule has 0 unspecified atom stereocenters. The molecule has 12 heavy (non-hydrogen) atoms. The van der Waals surface area contributed by atoms with Gasteiger partial charge in [-0.2, -0.15) is 4.98 Å². The highest BCUT2D eigenvalue weighted by molar-refractivity contribution is 5.07. The summed E-state index contributed by atoms with van der Waals surface area (Å²) in [5.74, 6) is 1.37. The Morgan fingerprint density at radius 2 is 2.33 bits per heavy atom. The van der Waals surface area contributed by atoms with Crippen molar-refractivity contribution in [1.29, 1.82) is 0 Å². The molecule has 1 aromatic rings. The van der Waals surface area contributed by atoms with Gasteiger partial charge in [-0.3, -0.25) is 0 Å². The van der Waals surface area contributed by atoms with Crippen molar-refractivity contribution in [2.45, 2.75) is 38.1 Å². The largest absolute Gasteiger partial charge is 0.339 e. The SMILES string of the molecule is CC1(c2nc(CN)no2)CCC1. The van der Waals surface area contributed by atoms with E-state index < -0.39 is 0 Å². The van der Waals surface area contributed by atoms with Gasteiger partial charge in [0.05, 0.1) is 6.54 Å². The Balaban J connectivity index is 2.22. The van der Waals surface area contributed by atoms with Crippen molar-refractivity contribution in [1.82, 2.24) is 10.1 Å². The lowest BCUT2D eigenvalue weighted by molar-refractivity contribution is 0.194. The van der Waals surface area contributed by atoms with Gasteiger partial charge in [0.2, 0.25) is 5.89 Å². The maximum absolute atomic E-state index is 5.38. The second-order valence-corrected chi connectivity index (χ2v) is 3.63. The number of hydrogen-bond donors (Lipinski definition) is 1. The van der Waals surface area contributed by atoms with E-state index in [1.807, 2.05) is 0 Å². The van der Waals surface area contributed by atoms with Crippen molar-refractivity contribution in [2.24, 2.45) is 5.73 Å². The topological polar surface area (TPSA) is 64.9 Å². The Hall–Kier alpha value is -0.900. The summed E-state index contributed by atoms with van der Waals surface area (Å²) in [5, 5.41) is 3.77. The van der Waals surface area contributed by atoms with E-state index in [0.29, 0.717) is 12.4 Å². The third kappa shape index (κ3) is 1.03. The van der Waals surface area contributed by atoms with E-state index in [0.717, 1.165) is 18.7 Å². The first kappa shape index (κ1) is 7.73. The zero-order chi connectivity index (χ0) is 8.60. The molecule has 4 heteroatoms. The van der Waals surface area contributed by atoms with Gasteiger partial charge < -0.3 is 10.3 Å². The van der Waals surface area contributed by atoms with Crippen LogP contribution in [0.15, 0.2) is 4.52 Å². The third-order valence-electron chi connectivity index (χ3n) is 2.62. The van der Waals surface area contributed by atoms with E-state index in [4.69, 9.17) is 10.3 Å². The van der Waals surface area contributed by atoms with Crippen LogP contribution in [-0.4, -0.2) is 10.1 Å². The van der Waals surface area contributed by atoms with Crippen LogP contribution >= 0.6 is 0 Å². The fourth-order valence-corrected chi connectivity index (χ4v) is 1.50. The Labute approximate surface area is 71.1 Å². The fraction of sp³-hybridized carbons (Fsp3) is 0.750. The molecule has 0 saturated heterocycles. The summed E-state index contributed by atoms with van der Waals surface area (Å²) in [6.07, 6.45) is 3.56. The molecule has 2 N–H and O–H groups in total. The van der Waals surface area contributed by atoms with Crippen LogP contribution in [0.2, 0.25) is 0 Å². The minimum Gasteiger partial charge on any atom is -0.339 e. The van der Waals surface area contributed by atoms with Crippen LogP contribution in [0.3, 0.4) is 0 Å². The molecule has 0 atom stereocenters. The summed E-state index contributed by atoms with van der Waals surface area (Å²) in [6.45, 7) is 2.52. The molecule has 0 spiro atoms. The second kappa shape index (κ2) is 2.55. The number of nitrogens with two attached hydrogens (primary N) is 1. The van der Waals surface area contributed by atoms with Crippen LogP contribution in [0, 0.1) is 0 Å². The number of rotatable bonds is 2. The lowest BCUT2D eigenvalue weighted by Gasteiger charge is -2.34. The molecule has 1 aliphatic carbocycles. The predicted octanol–water partition coefficient (Wildman–Crippen LogP) is 0.970. The van der Waals surface area contributed by atoms with Crippen molar-refractivity contribution in [3.8, 4) is 0 Å². The minimum absolute atomic E-state index is 0.139. The van der Waals surface area contributed by atoms with Gasteiger partial charge in [-0.15, -0.1) is 0 Å². The van der Waals surface area contributed by atoms with Gasteiger partial charge in [0, 0.05) is 5.41 Å². The van der Waals surface area contributed by atoms with Crippen molar-refractivity contribution < 1.29 is 4.52 Å². The molecule has 2 rings (SSSR count). The summed E-state index contributed by atoms with van der Waals surface area (Å²) in [6, 6.07) is 0. The quantitative estimate of drug-likeness (QED) is 0.712. The molecule has 0 amide bonds. The maximum Gasteiger partial charge on any atom is 0.232 e. The van der Waals surface area contributed by atoms with Crippen LogP contribution < -0.4 is 5.73 Å². The van der Waals surface area contributed by atoms with Gasteiger partial charge in [-0.1, -0.05) is 18.5 Å². The molecule has 1 saturated carbocycles. The standard InChI is InChI=1S/C8H13N3O/c1-8(3-2-4-8)7-10-6(5-9)11-12-7/h2-5,9H2,1H3. The fourth-order valence-electron chi connectivity index (χ4n) is 1.50. The van der Waals surface area contributed by atoms with Crippen LogP contribution in [-0.2, 0) is 12.0 Å². The number of nitrogens with zero attached hydrogens (tertiary/aromatic N) is 2. The first-order valence-corrected chi connectivity index (χ1v) is 4.28. The predicted molar refractivity (Wildman–Crippen MR) is 43.4 cm³/mol. The molecule has 1 heterocycles. The first-order valence-electron chi connectivity index (χ1n) is 4.28. The average molecular weight is 167 g/mol. The van der Waals surface area contributed by atoms with Gasteiger partial charge in [-0.25, -0.2) is 0 Å². The lowest BCUT2D eigenvalue weighted by atomic mass is 9.70. The molecule has 0 aliphatic heterocycles. The van der Waals surface area contributed by atoms with E-state index in [1.165, 1.54) is 6.42 Å². The zero-order valence-corrected chi connectivity index (χ0v) is 7.21. The highest BCUT2D eigenvalue weighted by atomic mass is 16.5. The minimum atomic E-state index is 0.139. The Morgan fingerprint density at radius 3 is 2.75 bits per heavy atom. The van der Waals surface area contributed by atoms with Crippen LogP contribution in [0.5, 0.6) is 0 Å². The highest BCUT2D eigenvalue weighted by Crippen LogP contribution is 2.42. The molecule has 1 fully saturated rings. The Morgan fingerprint density at radius 1 is 1.58 bits per heavy atom. The molecule has 0 bridgehead atoms. The Bertz CT molecular complexity index is 278. The third-order valence-corrected chi connectivity index (χ3v) is 2.62. The van der Waals surface area contributed by atoms with E-state index in [2.05, 4.69) is 17.1 Å². The van der Waals surface area contributed by atoms with Crippen LogP contribution in [0.4, 0.5) is 0 Å². The van der Waals surface area contributed by atoms with Gasteiger partial charge in [-0.05, 0) is 12.8 Å². The maximum atomic E-state index is 5.38. The van der Waals surface area contributed by atoms with Crippen molar-refractivity contribution in [3.05, 3.63) is 11.7 Å². The number of aromatic nitrogens is 2. The molecule has 1 aromatic heterocycles. The molecule has 0 aromatic carbocycles. The smallest absolute Gasteiger partial charge is 0.232 e. The summed E-state index contributed by atoms with van der Waals surface area (Å²) in [7, 11) is 0. The van der Waals surface area contributed by atoms with Gasteiger partial charge >= 0.3 is 0 Å². The average Bonchev–Trinajstić information content (AvgIpc) is 2.48. The highest BCUT2D eigenvalue weighted by Gasteiger charge is 2.38. The van der Waals surface area contributed by atoms with Crippen molar-refractivity contribution in [3.63, 3.8) is 0 Å². The summed E-state index contributed by atoms with van der Waals surface area (Å²) in [4.78, 5) is 4.22. The second-order valence-electron chi connectivity index (χ2n) is 3.63. The number of hydrogen-bond acceptors (Lipinski definition) is 4. The Kier molecular flexibility index (Phi) is 1.65. The normalized spacial score (nSPS) is 20.5. The van der Waals surface area contributed by atoms with E-state index in [9.17, 15) is 0 Å². The summed E-state index contributed by atoms with van der Waals surface area (Å²) >= 11 is 0. The monoisotopic (exact) mass is 167 g/mol. The molecule has 1 aliphatic rings. The lowest BCUT2D eigenvalue weighted by Crippen LogP contribution is -2.30. The van der Waals surface area contributed by atoms with E-state index in [-0.39, 0.29) is 5.41 Å². The van der Waals surface area contributed by atoms with Gasteiger partial charge in [0.1, 0.15) is 0 Å². The van der Waals surface area contributed by atoms with Gasteiger partial charge in [0.15, 0.2) is 5.82 Å². The van der Waals surface area contributed by atoms with Crippen molar-refractivity contribution in [2.75, 3.05) is 0 Å². The van der Waals surface area contributed by atoms with Crippen molar-refractivity contribution >= 4 is 0 Å².